The highest BCUT2D eigenvalue weighted by atomic mass is 19.1. The minimum atomic E-state index is -0.539. The molecule has 0 bridgehead atoms. The highest BCUT2D eigenvalue weighted by molar-refractivity contribution is 5.83. The lowest BCUT2D eigenvalue weighted by Crippen LogP contribution is -2.02. The van der Waals surface area contributed by atoms with Crippen LogP contribution in [-0.2, 0) is 19.3 Å². The summed E-state index contributed by atoms with van der Waals surface area (Å²) in [6, 6.07) is 13.5. The average molecular weight is 419 g/mol. The number of pyridine rings is 1. The Bertz CT molecular complexity index is 1200. The van der Waals surface area contributed by atoms with Crippen molar-refractivity contribution in [2.24, 2.45) is 0 Å². The fourth-order valence-electron chi connectivity index (χ4n) is 4.02. The van der Waals surface area contributed by atoms with Gasteiger partial charge in [-0.1, -0.05) is 25.1 Å². The second-order valence-electron chi connectivity index (χ2n) is 7.52. The van der Waals surface area contributed by atoms with E-state index >= 15 is 0 Å². The third kappa shape index (κ3) is 4.19. The molecule has 0 amide bonds. The number of nitrogens with one attached hydrogen (secondary N) is 2. The van der Waals surface area contributed by atoms with E-state index in [-0.39, 0.29) is 11.4 Å². The van der Waals surface area contributed by atoms with Crippen molar-refractivity contribution in [1.82, 2.24) is 9.97 Å². The van der Waals surface area contributed by atoms with E-state index in [2.05, 4.69) is 52.7 Å². The number of fused-ring (bicyclic) bond motifs is 2. The van der Waals surface area contributed by atoms with Crippen molar-refractivity contribution in [3.05, 3.63) is 77.5 Å². The van der Waals surface area contributed by atoms with Gasteiger partial charge in [-0.3, -0.25) is 4.98 Å². The highest BCUT2D eigenvalue weighted by Gasteiger charge is 2.18. The average Bonchev–Trinajstić information content (AvgIpc) is 3.44. The normalized spacial score (nSPS) is 12.2. The topological polar surface area (TPSA) is 76.0 Å². The molecule has 0 spiro atoms. The van der Waals surface area contributed by atoms with Gasteiger partial charge in [0, 0.05) is 34.7 Å². The van der Waals surface area contributed by atoms with E-state index in [4.69, 9.17) is 10.5 Å². The molecule has 2 aromatic heterocycles. The Labute approximate surface area is 181 Å². The number of nitrogens with two attached hydrogens (primary N) is 1. The SMILES string of the molecule is CCc1c[nH]c2ccccc12.COc1c(Nc2ccnc3c2CCC3)ccc(N)c1F. The van der Waals surface area contributed by atoms with Crippen LogP contribution in [0, 0.1) is 5.82 Å². The van der Waals surface area contributed by atoms with E-state index in [0.29, 0.717) is 5.69 Å². The molecular weight excluding hydrogens is 391 g/mol. The smallest absolute Gasteiger partial charge is 0.190 e. The molecular formula is C25H27FN4O. The number of H-pyrrole nitrogens is 1. The molecule has 31 heavy (non-hydrogen) atoms. The predicted molar refractivity (Wildman–Crippen MR) is 125 cm³/mol. The first-order valence-electron chi connectivity index (χ1n) is 10.5. The van der Waals surface area contributed by atoms with Gasteiger partial charge in [-0.2, -0.15) is 0 Å². The first-order valence-corrected chi connectivity index (χ1v) is 10.5. The second kappa shape index (κ2) is 9.08. The van der Waals surface area contributed by atoms with Gasteiger partial charge in [0.25, 0.3) is 0 Å². The molecule has 5 nitrogen and oxygen atoms in total. The van der Waals surface area contributed by atoms with Crippen LogP contribution in [0.25, 0.3) is 10.9 Å². The van der Waals surface area contributed by atoms with Crippen molar-refractivity contribution < 1.29 is 9.13 Å². The van der Waals surface area contributed by atoms with Crippen molar-refractivity contribution in [1.29, 1.82) is 0 Å². The van der Waals surface area contributed by atoms with Crippen LogP contribution in [0.5, 0.6) is 5.75 Å². The summed E-state index contributed by atoms with van der Waals surface area (Å²) in [6.07, 6.45) is 8.05. The van der Waals surface area contributed by atoms with Crippen LogP contribution in [0.1, 0.15) is 30.2 Å². The van der Waals surface area contributed by atoms with E-state index in [1.807, 2.05) is 6.07 Å². The number of ether oxygens (including phenoxy) is 1. The number of para-hydroxylation sites is 1. The molecule has 2 heterocycles. The Hall–Kier alpha value is -3.54. The Morgan fingerprint density at radius 2 is 1.97 bits per heavy atom. The molecule has 4 aromatic rings. The molecule has 0 fully saturated rings. The summed E-state index contributed by atoms with van der Waals surface area (Å²) in [5.74, 6) is -0.406. The van der Waals surface area contributed by atoms with Gasteiger partial charge in [-0.15, -0.1) is 0 Å². The van der Waals surface area contributed by atoms with Crippen LogP contribution < -0.4 is 15.8 Å². The Balaban J connectivity index is 0.000000177. The molecule has 4 N–H and O–H groups in total. The number of anilines is 3. The van der Waals surface area contributed by atoms with Gasteiger partial charge >= 0.3 is 0 Å². The number of benzene rings is 2. The van der Waals surface area contributed by atoms with Gasteiger partial charge in [0.15, 0.2) is 11.6 Å². The Morgan fingerprint density at radius 1 is 1.13 bits per heavy atom. The first-order chi connectivity index (χ1) is 15.1. The molecule has 0 unspecified atom stereocenters. The largest absolute Gasteiger partial charge is 0.492 e. The van der Waals surface area contributed by atoms with Gasteiger partial charge in [-0.25, -0.2) is 4.39 Å². The van der Waals surface area contributed by atoms with Gasteiger partial charge in [-0.05, 0) is 61.1 Å². The summed E-state index contributed by atoms with van der Waals surface area (Å²) >= 11 is 0. The number of hydrogen-bond acceptors (Lipinski definition) is 4. The van der Waals surface area contributed by atoms with Gasteiger partial charge < -0.3 is 20.8 Å². The van der Waals surface area contributed by atoms with Crippen molar-refractivity contribution in [2.45, 2.75) is 32.6 Å². The van der Waals surface area contributed by atoms with E-state index in [9.17, 15) is 4.39 Å². The number of hydrogen-bond donors (Lipinski definition) is 3. The summed E-state index contributed by atoms with van der Waals surface area (Å²) < 4.78 is 19.1. The zero-order valence-corrected chi connectivity index (χ0v) is 17.8. The third-order valence-corrected chi connectivity index (χ3v) is 5.64. The van der Waals surface area contributed by atoms with Crippen LogP contribution in [0.4, 0.5) is 21.5 Å². The lowest BCUT2D eigenvalue weighted by molar-refractivity contribution is 0.390. The number of aromatic amines is 1. The summed E-state index contributed by atoms with van der Waals surface area (Å²) in [7, 11) is 1.43. The van der Waals surface area contributed by atoms with Gasteiger partial charge in [0.2, 0.25) is 0 Å². The maximum absolute atomic E-state index is 13.9. The molecule has 2 aromatic carbocycles. The zero-order valence-electron chi connectivity index (χ0n) is 17.8. The minimum Gasteiger partial charge on any atom is -0.492 e. The molecule has 0 atom stereocenters. The van der Waals surface area contributed by atoms with Crippen LogP contribution in [-0.4, -0.2) is 17.1 Å². The minimum absolute atomic E-state index is 0.0763. The molecule has 0 saturated carbocycles. The van der Waals surface area contributed by atoms with E-state index < -0.39 is 5.82 Å². The van der Waals surface area contributed by atoms with Crippen molar-refractivity contribution in [2.75, 3.05) is 18.2 Å². The van der Waals surface area contributed by atoms with Crippen LogP contribution >= 0.6 is 0 Å². The number of methoxy groups -OCH3 is 1. The van der Waals surface area contributed by atoms with Crippen LogP contribution in [0.15, 0.2) is 54.9 Å². The number of aryl methyl sites for hydroxylation is 2. The third-order valence-electron chi connectivity index (χ3n) is 5.64. The van der Waals surface area contributed by atoms with E-state index in [1.165, 1.54) is 35.2 Å². The number of nitrogens with zero attached hydrogens (tertiary/aromatic N) is 1. The second-order valence-corrected chi connectivity index (χ2v) is 7.52. The molecule has 6 heteroatoms. The Morgan fingerprint density at radius 3 is 2.77 bits per heavy atom. The molecule has 1 aliphatic carbocycles. The molecule has 160 valence electrons. The molecule has 1 aliphatic rings. The van der Waals surface area contributed by atoms with Crippen LogP contribution in [0.3, 0.4) is 0 Å². The first kappa shape index (κ1) is 20.7. The summed E-state index contributed by atoms with van der Waals surface area (Å²) in [4.78, 5) is 7.61. The quantitative estimate of drug-likeness (QED) is 0.368. The molecule has 0 aliphatic heterocycles. The highest BCUT2D eigenvalue weighted by Crippen LogP contribution is 2.36. The standard InChI is InChI=1S/C15H16FN3O.C10H11N/c1-20-15-13(6-5-10(17)14(15)16)19-12-7-8-18-11-4-2-3-9(11)12;1-2-8-7-11-10-6-4-3-5-9(8)10/h5-8H,2-4,17H2,1H3,(H,18,19);3-7,11H,2H2,1H3. The van der Waals surface area contributed by atoms with Crippen molar-refractivity contribution in [3.63, 3.8) is 0 Å². The summed E-state index contributed by atoms with van der Waals surface area (Å²) in [5.41, 5.74) is 12.1. The van der Waals surface area contributed by atoms with Gasteiger partial charge in [0.05, 0.1) is 18.5 Å². The molecule has 0 radical (unpaired) electrons. The maximum Gasteiger partial charge on any atom is 0.190 e. The van der Waals surface area contributed by atoms with E-state index in [1.54, 1.807) is 12.3 Å². The summed E-state index contributed by atoms with van der Waals surface area (Å²) in [6.45, 7) is 2.18. The number of rotatable bonds is 4. The number of halogens is 1. The molecule has 0 saturated heterocycles. The van der Waals surface area contributed by atoms with E-state index in [0.717, 1.165) is 37.1 Å². The number of aromatic nitrogens is 2. The lowest BCUT2D eigenvalue weighted by atomic mass is 10.1. The summed E-state index contributed by atoms with van der Waals surface area (Å²) in [5, 5.41) is 4.59. The molecule has 5 rings (SSSR count). The fourth-order valence-corrected chi connectivity index (χ4v) is 4.02. The van der Waals surface area contributed by atoms with Crippen molar-refractivity contribution in [3.8, 4) is 5.75 Å². The fraction of sp³-hybridized carbons (Fsp3) is 0.240. The Kier molecular flexibility index (Phi) is 6.07. The number of nitrogen functional groups attached to an aromatic ring is 1. The van der Waals surface area contributed by atoms with Crippen molar-refractivity contribution >= 4 is 28.0 Å². The zero-order chi connectivity index (χ0) is 21.8. The lowest BCUT2D eigenvalue weighted by Gasteiger charge is -2.15. The van der Waals surface area contributed by atoms with Crippen LogP contribution in [0.2, 0.25) is 0 Å². The maximum atomic E-state index is 13.9. The van der Waals surface area contributed by atoms with Gasteiger partial charge in [0.1, 0.15) is 0 Å². The monoisotopic (exact) mass is 418 g/mol. The predicted octanol–water partition coefficient (Wildman–Crippen LogP) is 5.77.